The van der Waals surface area contributed by atoms with Gasteiger partial charge in [-0.1, -0.05) is 48.5 Å². The first kappa shape index (κ1) is 16.7. The Morgan fingerprint density at radius 1 is 0.958 bits per heavy atom. The molecule has 1 aliphatic heterocycles. The van der Waals surface area contributed by atoms with Gasteiger partial charge in [0.05, 0.1) is 0 Å². The van der Waals surface area contributed by atoms with Gasteiger partial charge in [-0.15, -0.1) is 0 Å². The largest absolute Gasteiger partial charge is 0.309 e. The molecule has 0 fully saturated rings. The van der Waals surface area contributed by atoms with E-state index in [9.17, 15) is 0 Å². The average molecular weight is 319 g/mol. The molecule has 2 nitrogen and oxygen atoms in total. The summed E-state index contributed by atoms with van der Waals surface area (Å²) >= 11 is 0. The zero-order chi connectivity index (χ0) is 16.8. The summed E-state index contributed by atoms with van der Waals surface area (Å²) in [5, 5.41) is 0. The van der Waals surface area contributed by atoms with Gasteiger partial charge in [-0.2, -0.15) is 0 Å². The van der Waals surface area contributed by atoms with Gasteiger partial charge in [-0.05, 0) is 37.9 Å². The van der Waals surface area contributed by atoms with Gasteiger partial charge in [0.1, 0.15) is 13.1 Å². The molecule has 2 aromatic rings. The quantitative estimate of drug-likeness (QED) is 0.731. The maximum absolute atomic E-state index is 2.56. The van der Waals surface area contributed by atoms with E-state index in [1.54, 1.807) is 0 Å². The molecular formula is C22H27N2+. The molecule has 0 radical (unpaired) electrons. The topological polar surface area (TPSA) is 6.25 Å². The van der Waals surface area contributed by atoms with Crippen molar-refractivity contribution in [1.29, 1.82) is 0 Å². The van der Waals surface area contributed by atoms with Crippen LogP contribution in [-0.2, 0) is 0 Å². The highest BCUT2D eigenvalue weighted by Crippen LogP contribution is 2.22. The highest BCUT2D eigenvalue weighted by atomic mass is 15.1. The molecule has 0 atom stereocenters. The van der Waals surface area contributed by atoms with E-state index in [-0.39, 0.29) is 0 Å². The third kappa shape index (κ3) is 4.21. The van der Waals surface area contributed by atoms with Gasteiger partial charge in [0, 0.05) is 30.5 Å². The lowest BCUT2D eigenvalue weighted by Gasteiger charge is -2.08. The Labute approximate surface area is 145 Å². The van der Waals surface area contributed by atoms with Crippen molar-refractivity contribution >= 4 is 11.8 Å². The molecule has 0 amide bonds. The van der Waals surface area contributed by atoms with Crippen molar-refractivity contribution in [3.05, 3.63) is 77.4 Å². The molecule has 0 unspecified atom stereocenters. The Hall–Kier alpha value is -2.19. The van der Waals surface area contributed by atoms with Crippen LogP contribution >= 0.6 is 0 Å². The third-order valence-electron chi connectivity index (χ3n) is 4.49. The highest BCUT2D eigenvalue weighted by molar-refractivity contribution is 6.12. The van der Waals surface area contributed by atoms with Gasteiger partial charge >= 0.3 is 0 Å². The highest BCUT2D eigenvalue weighted by Gasteiger charge is 2.28. The Bertz CT molecular complexity index is 712. The first-order valence-corrected chi connectivity index (χ1v) is 8.82. The Morgan fingerprint density at radius 2 is 1.62 bits per heavy atom. The van der Waals surface area contributed by atoms with Gasteiger partial charge in [-0.3, -0.25) is 0 Å². The summed E-state index contributed by atoms with van der Waals surface area (Å²) in [6.07, 6.45) is 4.68. The average Bonchev–Trinajstić information content (AvgIpc) is 2.99. The van der Waals surface area contributed by atoms with Crippen molar-refractivity contribution in [3.8, 4) is 0 Å². The molecule has 1 heterocycles. The van der Waals surface area contributed by atoms with Crippen LogP contribution in [0.1, 0.15) is 24.0 Å². The maximum atomic E-state index is 2.56. The smallest absolute Gasteiger partial charge is 0.210 e. The normalized spacial score (nSPS) is 16.4. The monoisotopic (exact) mass is 319 g/mol. The van der Waals surface area contributed by atoms with Gasteiger partial charge in [0.2, 0.25) is 5.71 Å². The van der Waals surface area contributed by atoms with E-state index < -0.39 is 0 Å². The van der Waals surface area contributed by atoms with Gasteiger partial charge < -0.3 is 4.90 Å². The lowest BCUT2D eigenvalue weighted by atomic mass is 10.00. The Kier molecular flexibility index (Phi) is 5.60. The molecule has 0 saturated carbocycles. The van der Waals surface area contributed by atoms with Crippen LogP contribution in [0.4, 0.5) is 0 Å². The molecule has 2 aromatic carbocycles. The summed E-state index contributed by atoms with van der Waals surface area (Å²) in [7, 11) is 4.29. The van der Waals surface area contributed by atoms with Crippen LogP contribution in [-0.4, -0.2) is 48.9 Å². The first-order chi connectivity index (χ1) is 11.7. The van der Waals surface area contributed by atoms with Crippen LogP contribution in [0, 0.1) is 0 Å². The number of benzene rings is 2. The van der Waals surface area contributed by atoms with E-state index in [1.165, 1.54) is 28.8 Å². The molecule has 0 N–H and O–H groups in total. The molecule has 0 bridgehead atoms. The van der Waals surface area contributed by atoms with Gasteiger partial charge in [0.15, 0.2) is 0 Å². The molecule has 24 heavy (non-hydrogen) atoms. The molecule has 0 spiro atoms. The van der Waals surface area contributed by atoms with Crippen LogP contribution < -0.4 is 0 Å². The summed E-state index contributed by atoms with van der Waals surface area (Å²) in [5.74, 6) is 0. The fourth-order valence-electron chi connectivity index (χ4n) is 3.35. The number of nitrogens with zero attached hydrogens (tertiary/aromatic N) is 2. The van der Waals surface area contributed by atoms with E-state index in [0.29, 0.717) is 0 Å². The zero-order valence-electron chi connectivity index (χ0n) is 14.8. The second kappa shape index (κ2) is 8.07. The van der Waals surface area contributed by atoms with Crippen molar-refractivity contribution in [2.75, 3.05) is 33.7 Å². The summed E-state index contributed by atoms with van der Waals surface area (Å²) < 4.78 is 2.56. The zero-order valence-corrected chi connectivity index (χ0v) is 14.8. The number of hydrogen-bond acceptors (Lipinski definition) is 1. The Morgan fingerprint density at radius 3 is 2.29 bits per heavy atom. The van der Waals surface area contributed by atoms with Crippen molar-refractivity contribution in [2.24, 2.45) is 0 Å². The van der Waals surface area contributed by atoms with E-state index >= 15 is 0 Å². The summed E-state index contributed by atoms with van der Waals surface area (Å²) in [6.45, 7) is 3.38. The molecule has 1 aliphatic rings. The molecule has 0 aromatic heterocycles. The fourth-order valence-corrected chi connectivity index (χ4v) is 3.35. The van der Waals surface area contributed by atoms with Gasteiger partial charge in [0.25, 0.3) is 0 Å². The SMILES string of the molecule is CN(C)CCC[N+]1=C(c2ccccc2)/C(=C\c2ccccc2)CC1. The van der Waals surface area contributed by atoms with Crippen LogP contribution in [0.5, 0.6) is 0 Å². The lowest BCUT2D eigenvalue weighted by molar-refractivity contribution is -0.520. The number of hydrogen-bond donors (Lipinski definition) is 0. The van der Waals surface area contributed by atoms with Crippen LogP contribution in [0.2, 0.25) is 0 Å². The molecular weight excluding hydrogens is 292 g/mol. The molecule has 0 saturated heterocycles. The predicted molar refractivity (Wildman–Crippen MR) is 103 cm³/mol. The second-order valence-corrected chi connectivity index (χ2v) is 6.69. The molecule has 3 rings (SSSR count). The van der Waals surface area contributed by atoms with Gasteiger partial charge in [-0.25, -0.2) is 4.58 Å². The van der Waals surface area contributed by atoms with E-state index in [4.69, 9.17) is 0 Å². The molecule has 0 aliphatic carbocycles. The standard InChI is InChI=1S/C22H27N2/c1-23(2)15-9-16-24-17-14-21(18-19-10-5-3-6-11-19)22(24)20-12-7-4-8-13-20/h3-8,10-13,18H,9,14-17H2,1-2H3/q+1/b21-18-. The Balaban J connectivity index is 1.92. The molecule has 124 valence electrons. The summed E-state index contributed by atoms with van der Waals surface area (Å²) in [5.41, 5.74) is 5.49. The lowest BCUT2D eigenvalue weighted by Crippen LogP contribution is -2.22. The van der Waals surface area contributed by atoms with Crippen LogP contribution in [0.25, 0.3) is 6.08 Å². The van der Waals surface area contributed by atoms with E-state index in [2.05, 4.69) is 90.3 Å². The number of rotatable bonds is 6. The predicted octanol–water partition coefficient (Wildman–Crippen LogP) is 3.93. The third-order valence-corrected chi connectivity index (χ3v) is 4.49. The summed E-state index contributed by atoms with van der Waals surface area (Å²) in [6, 6.07) is 21.5. The van der Waals surface area contributed by atoms with Crippen molar-refractivity contribution in [2.45, 2.75) is 12.8 Å². The van der Waals surface area contributed by atoms with E-state index in [0.717, 1.165) is 26.1 Å². The molecule has 2 heteroatoms. The second-order valence-electron chi connectivity index (χ2n) is 6.69. The minimum absolute atomic E-state index is 1.12. The summed E-state index contributed by atoms with van der Waals surface area (Å²) in [4.78, 5) is 2.26. The van der Waals surface area contributed by atoms with Crippen molar-refractivity contribution in [3.63, 3.8) is 0 Å². The van der Waals surface area contributed by atoms with Crippen LogP contribution in [0.3, 0.4) is 0 Å². The first-order valence-electron chi connectivity index (χ1n) is 8.82. The minimum Gasteiger partial charge on any atom is -0.309 e. The minimum atomic E-state index is 1.12. The fraction of sp³-hybridized carbons (Fsp3) is 0.318. The maximum Gasteiger partial charge on any atom is 0.210 e. The van der Waals surface area contributed by atoms with Crippen molar-refractivity contribution in [1.82, 2.24) is 4.90 Å². The van der Waals surface area contributed by atoms with Crippen molar-refractivity contribution < 1.29 is 4.58 Å². The van der Waals surface area contributed by atoms with E-state index in [1.807, 2.05) is 0 Å². The van der Waals surface area contributed by atoms with Crippen LogP contribution in [0.15, 0.2) is 66.2 Å².